The second kappa shape index (κ2) is 7.11. The van der Waals surface area contributed by atoms with E-state index in [0.29, 0.717) is 5.69 Å². The SMILES string of the molecule is Cc1ccc(C)c(NC(=O)CC2SC(=N)N(c3ccccc3)C2=O)c1. The Hall–Kier alpha value is -2.60. The van der Waals surface area contributed by atoms with Crippen LogP contribution in [-0.2, 0) is 9.59 Å². The Kier molecular flexibility index (Phi) is 4.90. The maximum Gasteiger partial charge on any atom is 0.247 e. The highest BCUT2D eigenvalue weighted by Gasteiger charge is 2.39. The minimum atomic E-state index is -0.571. The summed E-state index contributed by atoms with van der Waals surface area (Å²) in [7, 11) is 0. The highest BCUT2D eigenvalue weighted by atomic mass is 32.2. The molecule has 1 heterocycles. The van der Waals surface area contributed by atoms with Gasteiger partial charge in [-0.15, -0.1) is 0 Å². The van der Waals surface area contributed by atoms with Crippen LogP contribution in [-0.4, -0.2) is 22.2 Å². The molecule has 0 radical (unpaired) electrons. The van der Waals surface area contributed by atoms with Gasteiger partial charge in [-0.05, 0) is 43.2 Å². The van der Waals surface area contributed by atoms with E-state index in [1.165, 1.54) is 4.90 Å². The van der Waals surface area contributed by atoms with Crippen molar-refractivity contribution >= 4 is 40.1 Å². The van der Waals surface area contributed by atoms with Gasteiger partial charge < -0.3 is 5.32 Å². The molecule has 5 nitrogen and oxygen atoms in total. The third kappa shape index (κ3) is 3.74. The molecule has 2 N–H and O–H groups in total. The van der Waals surface area contributed by atoms with Crippen LogP contribution >= 0.6 is 11.8 Å². The molecule has 0 bridgehead atoms. The number of anilines is 2. The van der Waals surface area contributed by atoms with Gasteiger partial charge in [0.25, 0.3) is 0 Å². The van der Waals surface area contributed by atoms with Crippen molar-refractivity contribution in [2.24, 2.45) is 0 Å². The molecule has 0 aromatic heterocycles. The molecule has 25 heavy (non-hydrogen) atoms. The molecule has 2 aromatic carbocycles. The molecule has 6 heteroatoms. The monoisotopic (exact) mass is 353 g/mol. The van der Waals surface area contributed by atoms with Crippen LogP contribution in [0.15, 0.2) is 48.5 Å². The fourth-order valence-electron chi connectivity index (χ4n) is 2.67. The van der Waals surface area contributed by atoms with Crippen molar-refractivity contribution in [3.63, 3.8) is 0 Å². The predicted molar refractivity (Wildman–Crippen MR) is 102 cm³/mol. The number of para-hydroxylation sites is 1. The summed E-state index contributed by atoms with van der Waals surface area (Å²) in [5.74, 6) is -0.445. The van der Waals surface area contributed by atoms with Gasteiger partial charge in [0.15, 0.2) is 5.17 Å². The average Bonchev–Trinajstić information content (AvgIpc) is 2.85. The molecule has 0 aliphatic carbocycles. The van der Waals surface area contributed by atoms with Gasteiger partial charge in [-0.2, -0.15) is 0 Å². The van der Waals surface area contributed by atoms with E-state index in [9.17, 15) is 9.59 Å². The fraction of sp³-hybridized carbons (Fsp3) is 0.211. The van der Waals surface area contributed by atoms with E-state index in [1.807, 2.05) is 50.2 Å². The first-order valence-corrected chi connectivity index (χ1v) is 8.85. The van der Waals surface area contributed by atoms with E-state index in [1.54, 1.807) is 12.1 Å². The second-order valence-corrected chi connectivity index (χ2v) is 7.18. The van der Waals surface area contributed by atoms with Crippen molar-refractivity contribution in [2.75, 3.05) is 10.2 Å². The summed E-state index contributed by atoms with van der Waals surface area (Å²) in [5, 5.41) is 10.5. The van der Waals surface area contributed by atoms with Crippen molar-refractivity contribution in [2.45, 2.75) is 25.5 Å². The van der Waals surface area contributed by atoms with Gasteiger partial charge in [0.05, 0.1) is 5.69 Å². The summed E-state index contributed by atoms with van der Waals surface area (Å²) in [5.41, 5.74) is 3.45. The quantitative estimate of drug-likeness (QED) is 0.880. The first-order chi connectivity index (χ1) is 12.0. The van der Waals surface area contributed by atoms with Crippen molar-refractivity contribution in [1.29, 1.82) is 5.41 Å². The van der Waals surface area contributed by atoms with Gasteiger partial charge in [0.1, 0.15) is 5.25 Å². The third-order valence-corrected chi connectivity index (χ3v) is 5.06. The average molecular weight is 353 g/mol. The van der Waals surface area contributed by atoms with Gasteiger partial charge >= 0.3 is 0 Å². The van der Waals surface area contributed by atoms with Crippen LogP contribution in [0.3, 0.4) is 0 Å². The smallest absolute Gasteiger partial charge is 0.247 e. The largest absolute Gasteiger partial charge is 0.326 e. The van der Waals surface area contributed by atoms with E-state index < -0.39 is 5.25 Å². The molecule has 1 aliphatic rings. The summed E-state index contributed by atoms with van der Waals surface area (Å²) in [4.78, 5) is 26.3. The van der Waals surface area contributed by atoms with Crippen LogP contribution < -0.4 is 10.2 Å². The lowest BCUT2D eigenvalue weighted by molar-refractivity contribution is -0.121. The van der Waals surface area contributed by atoms with Crippen molar-refractivity contribution in [1.82, 2.24) is 0 Å². The van der Waals surface area contributed by atoms with E-state index >= 15 is 0 Å². The Morgan fingerprint density at radius 2 is 1.92 bits per heavy atom. The minimum absolute atomic E-state index is 0.0442. The molecule has 1 atom stereocenters. The minimum Gasteiger partial charge on any atom is -0.326 e. The van der Waals surface area contributed by atoms with E-state index in [2.05, 4.69) is 5.32 Å². The molecule has 0 spiro atoms. The summed E-state index contributed by atoms with van der Waals surface area (Å²) < 4.78 is 0. The molecule has 1 unspecified atom stereocenters. The second-order valence-electron chi connectivity index (χ2n) is 5.99. The Labute approximate surface area is 150 Å². The first kappa shape index (κ1) is 17.2. The standard InChI is InChI=1S/C19H19N3O2S/c1-12-8-9-13(2)15(10-12)21-17(23)11-16-18(24)22(19(20)25-16)14-6-4-3-5-7-14/h3-10,16,20H,11H2,1-2H3,(H,21,23). The maximum atomic E-state index is 12.6. The number of amides is 2. The van der Waals surface area contributed by atoms with Gasteiger partial charge in [-0.1, -0.05) is 42.1 Å². The number of hydrogen-bond acceptors (Lipinski definition) is 4. The van der Waals surface area contributed by atoms with Crippen LogP contribution in [0.1, 0.15) is 17.5 Å². The van der Waals surface area contributed by atoms with Gasteiger partial charge in [0, 0.05) is 12.1 Å². The Morgan fingerprint density at radius 1 is 1.20 bits per heavy atom. The van der Waals surface area contributed by atoms with Crippen LogP contribution in [0, 0.1) is 19.3 Å². The highest BCUT2D eigenvalue weighted by Crippen LogP contribution is 2.33. The number of aryl methyl sites for hydroxylation is 2. The number of benzene rings is 2. The molecule has 1 aliphatic heterocycles. The van der Waals surface area contributed by atoms with Gasteiger partial charge in [-0.25, -0.2) is 0 Å². The maximum absolute atomic E-state index is 12.6. The summed E-state index contributed by atoms with van der Waals surface area (Å²) in [6.45, 7) is 3.89. The topological polar surface area (TPSA) is 73.3 Å². The lowest BCUT2D eigenvalue weighted by Crippen LogP contribution is -2.33. The Bertz CT molecular complexity index is 836. The molecule has 3 rings (SSSR count). The zero-order chi connectivity index (χ0) is 18.0. The number of carbonyl (C=O) groups is 2. The summed E-state index contributed by atoms with van der Waals surface area (Å²) in [6.07, 6.45) is 0.0442. The van der Waals surface area contributed by atoms with Crippen LogP contribution in [0.25, 0.3) is 0 Å². The Balaban J connectivity index is 1.69. The highest BCUT2D eigenvalue weighted by molar-refractivity contribution is 8.16. The zero-order valence-electron chi connectivity index (χ0n) is 14.1. The van der Waals surface area contributed by atoms with Gasteiger partial charge in [0.2, 0.25) is 11.8 Å². The van der Waals surface area contributed by atoms with Gasteiger partial charge in [-0.3, -0.25) is 19.9 Å². The van der Waals surface area contributed by atoms with Crippen LogP contribution in [0.2, 0.25) is 0 Å². The van der Waals surface area contributed by atoms with Crippen molar-refractivity contribution < 1.29 is 9.59 Å². The molecule has 0 saturated carbocycles. The Morgan fingerprint density at radius 3 is 2.64 bits per heavy atom. The molecule has 1 fully saturated rings. The molecular formula is C19H19N3O2S. The molecule has 2 amide bonds. The van der Waals surface area contributed by atoms with Crippen molar-refractivity contribution in [3.8, 4) is 0 Å². The van der Waals surface area contributed by atoms with Crippen LogP contribution in [0.4, 0.5) is 11.4 Å². The van der Waals surface area contributed by atoms with Crippen molar-refractivity contribution in [3.05, 3.63) is 59.7 Å². The fourth-order valence-corrected chi connectivity index (χ4v) is 3.68. The zero-order valence-corrected chi connectivity index (χ0v) is 14.9. The van der Waals surface area contributed by atoms with E-state index in [-0.39, 0.29) is 23.4 Å². The lowest BCUT2D eigenvalue weighted by Gasteiger charge is -2.15. The first-order valence-electron chi connectivity index (χ1n) is 7.97. The van der Waals surface area contributed by atoms with E-state index in [4.69, 9.17) is 5.41 Å². The molecule has 2 aromatic rings. The molecular weight excluding hydrogens is 334 g/mol. The third-order valence-electron chi connectivity index (χ3n) is 4.01. The normalized spacial score (nSPS) is 17.0. The molecule has 1 saturated heterocycles. The number of hydrogen-bond donors (Lipinski definition) is 2. The summed E-state index contributed by atoms with van der Waals surface area (Å²) >= 11 is 1.12. The van der Waals surface area contributed by atoms with Crippen LogP contribution in [0.5, 0.6) is 0 Å². The predicted octanol–water partition coefficient (Wildman–Crippen LogP) is 3.72. The van der Waals surface area contributed by atoms with E-state index in [0.717, 1.165) is 28.6 Å². The number of thioether (sulfide) groups is 1. The number of carbonyl (C=O) groups excluding carboxylic acids is 2. The number of nitrogens with zero attached hydrogens (tertiary/aromatic N) is 1. The number of amidine groups is 1. The summed E-state index contributed by atoms with van der Waals surface area (Å²) in [6, 6.07) is 14.9. The molecule has 128 valence electrons. The lowest BCUT2D eigenvalue weighted by atomic mass is 10.1. The number of rotatable bonds is 4. The number of nitrogens with one attached hydrogen (secondary N) is 2.